The predicted molar refractivity (Wildman–Crippen MR) is 99.0 cm³/mol. The number of carbonyl (C=O) groups is 1. The lowest BCUT2D eigenvalue weighted by Crippen LogP contribution is -2.34. The smallest absolute Gasteiger partial charge is 0.240 e. The van der Waals surface area contributed by atoms with Gasteiger partial charge in [-0.3, -0.25) is 15.0 Å². The standard InChI is InChI=1S/C18H24N4O2S/c1-2-3-4-9-17-20-21-18(25-17)19-16(23)13-22-10-11-24-15-8-6-5-7-14(15)12-22/h5-8H,2-4,9-13H2,1H3,(H,19,21,23). The van der Waals surface area contributed by atoms with Crippen LogP contribution in [0.1, 0.15) is 36.8 Å². The monoisotopic (exact) mass is 360 g/mol. The Labute approximate surface area is 152 Å². The largest absolute Gasteiger partial charge is 0.492 e. The number of ether oxygens (including phenoxy) is 1. The van der Waals surface area contributed by atoms with Gasteiger partial charge in [-0.15, -0.1) is 10.2 Å². The SMILES string of the molecule is CCCCCc1nnc(NC(=O)CN2CCOc3ccccc3C2)s1. The minimum atomic E-state index is -0.0596. The van der Waals surface area contributed by atoms with Gasteiger partial charge in [0.05, 0.1) is 6.54 Å². The van der Waals surface area contributed by atoms with Crippen molar-refractivity contribution in [1.29, 1.82) is 0 Å². The fourth-order valence-electron chi connectivity index (χ4n) is 2.81. The number of benzene rings is 1. The van der Waals surface area contributed by atoms with Crippen LogP contribution in [0.15, 0.2) is 24.3 Å². The minimum Gasteiger partial charge on any atom is -0.492 e. The van der Waals surface area contributed by atoms with Crippen molar-refractivity contribution in [3.8, 4) is 5.75 Å². The fraction of sp³-hybridized carbons (Fsp3) is 0.500. The van der Waals surface area contributed by atoms with Gasteiger partial charge in [0.1, 0.15) is 17.4 Å². The maximum atomic E-state index is 12.3. The van der Waals surface area contributed by atoms with Gasteiger partial charge in [0.15, 0.2) is 0 Å². The number of nitrogens with one attached hydrogen (secondary N) is 1. The van der Waals surface area contributed by atoms with E-state index in [2.05, 4.69) is 27.3 Å². The zero-order valence-corrected chi connectivity index (χ0v) is 15.3. The first-order valence-corrected chi connectivity index (χ1v) is 9.61. The number of carbonyl (C=O) groups excluding carboxylic acids is 1. The van der Waals surface area contributed by atoms with Gasteiger partial charge in [-0.05, 0) is 12.5 Å². The molecule has 2 heterocycles. The van der Waals surface area contributed by atoms with Gasteiger partial charge in [0.2, 0.25) is 11.0 Å². The average Bonchev–Trinajstić information content (AvgIpc) is 2.93. The molecule has 1 aromatic carbocycles. The number of aromatic nitrogens is 2. The first kappa shape index (κ1) is 17.8. The number of unbranched alkanes of at least 4 members (excludes halogenated alkanes) is 2. The number of nitrogens with zero attached hydrogens (tertiary/aromatic N) is 3. The van der Waals surface area contributed by atoms with Crippen molar-refractivity contribution < 1.29 is 9.53 Å². The molecule has 0 spiro atoms. The molecule has 0 aliphatic carbocycles. The summed E-state index contributed by atoms with van der Waals surface area (Å²) in [6, 6.07) is 7.97. The minimum absolute atomic E-state index is 0.0596. The van der Waals surface area contributed by atoms with Crippen LogP contribution in [-0.4, -0.2) is 40.7 Å². The third-order valence-electron chi connectivity index (χ3n) is 4.11. The van der Waals surface area contributed by atoms with Crippen molar-refractivity contribution >= 4 is 22.4 Å². The van der Waals surface area contributed by atoms with Crippen LogP contribution in [0.5, 0.6) is 5.75 Å². The van der Waals surface area contributed by atoms with Crippen molar-refractivity contribution in [2.45, 2.75) is 39.2 Å². The van der Waals surface area contributed by atoms with Crippen molar-refractivity contribution in [1.82, 2.24) is 15.1 Å². The summed E-state index contributed by atoms with van der Waals surface area (Å²) in [6.45, 7) is 4.52. The van der Waals surface area contributed by atoms with E-state index in [-0.39, 0.29) is 5.91 Å². The van der Waals surface area contributed by atoms with Gasteiger partial charge >= 0.3 is 0 Å². The van der Waals surface area contributed by atoms with Gasteiger partial charge in [-0.2, -0.15) is 0 Å². The van der Waals surface area contributed by atoms with Crippen LogP contribution in [0.4, 0.5) is 5.13 Å². The normalized spacial score (nSPS) is 14.4. The van der Waals surface area contributed by atoms with Crippen molar-refractivity contribution in [2.75, 3.05) is 25.0 Å². The molecule has 1 aliphatic rings. The summed E-state index contributed by atoms with van der Waals surface area (Å²) in [5.41, 5.74) is 1.11. The van der Waals surface area contributed by atoms with E-state index in [1.807, 2.05) is 24.3 Å². The molecule has 0 unspecified atom stereocenters. The Morgan fingerprint density at radius 3 is 3.08 bits per heavy atom. The van der Waals surface area contributed by atoms with Crippen molar-refractivity contribution in [3.05, 3.63) is 34.8 Å². The Morgan fingerprint density at radius 1 is 1.32 bits per heavy atom. The highest BCUT2D eigenvalue weighted by atomic mass is 32.1. The second-order valence-corrected chi connectivity index (χ2v) is 7.24. The summed E-state index contributed by atoms with van der Waals surface area (Å²) in [7, 11) is 0. The zero-order chi connectivity index (χ0) is 17.5. The molecule has 0 atom stereocenters. The lowest BCUT2D eigenvalue weighted by molar-refractivity contribution is -0.117. The van der Waals surface area contributed by atoms with Crippen LogP contribution < -0.4 is 10.1 Å². The maximum Gasteiger partial charge on any atom is 0.240 e. The third kappa shape index (κ3) is 5.24. The molecule has 1 amide bonds. The number of fused-ring (bicyclic) bond motifs is 1. The fourth-order valence-corrected chi connectivity index (χ4v) is 3.61. The molecule has 0 saturated heterocycles. The van der Waals surface area contributed by atoms with E-state index in [0.29, 0.717) is 24.8 Å². The number of hydrogen-bond acceptors (Lipinski definition) is 6. The van der Waals surface area contributed by atoms with E-state index >= 15 is 0 Å². The molecule has 0 saturated carbocycles. The Morgan fingerprint density at radius 2 is 2.20 bits per heavy atom. The average molecular weight is 360 g/mol. The molecule has 0 fully saturated rings. The molecule has 0 bridgehead atoms. The van der Waals surface area contributed by atoms with Gasteiger partial charge in [0, 0.05) is 25.1 Å². The zero-order valence-electron chi connectivity index (χ0n) is 14.5. The molecule has 7 heteroatoms. The molecule has 6 nitrogen and oxygen atoms in total. The molecular weight excluding hydrogens is 336 g/mol. The molecular formula is C18H24N4O2S. The van der Waals surface area contributed by atoms with E-state index < -0.39 is 0 Å². The van der Waals surface area contributed by atoms with Gasteiger partial charge < -0.3 is 4.74 Å². The highest BCUT2D eigenvalue weighted by molar-refractivity contribution is 7.15. The number of anilines is 1. The number of rotatable bonds is 7. The lowest BCUT2D eigenvalue weighted by atomic mass is 10.2. The summed E-state index contributed by atoms with van der Waals surface area (Å²) >= 11 is 1.47. The van der Waals surface area contributed by atoms with Crippen LogP contribution in [0.3, 0.4) is 0 Å². The summed E-state index contributed by atoms with van der Waals surface area (Å²) in [5, 5.41) is 12.7. The topological polar surface area (TPSA) is 67.4 Å². The lowest BCUT2D eigenvalue weighted by Gasteiger charge is -2.18. The second-order valence-electron chi connectivity index (χ2n) is 6.17. The highest BCUT2D eigenvalue weighted by Gasteiger charge is 2.18. The van der Waals surface area contributed by atoms with Crippen LogP contribution in [-0.2, 0) is 17.8 Å². The summed E-state index contributed by atoms with van der Waals surface area (Å²) in [6.07, 6.45) is 4.43. The number of para-hydroxylation sites is 1. The van der Waals surface area contributed by atoms with Crippen LogP contribution in [0.2, 0.25) is 0 Å². The Balaban J connectivity index is 1.51. The number of hydrogen-bond donors (Lipinski definition) is 1. The third-order valence-corrected chi connectivity index (χ3v) is 5.00. The maximum absolute atomic E-state index is 12.3. The van der Waals surface area contributed by atoms with Gasteiger partial charge in [-0.25, -0.2) is 0 Å². The first-order valence-electron chi connectivity index (χ1n) is 8.80. The molecule has 1 aliphatic heterocycles. The molecule has 134 valence electrons. The molecule has 3 rings (SSSR count). The van der Waals surface area contributed by atoms with E-state index in [9.17, 15) is 4.79 Å². The molecule has 1 N–H and O–H groups in total. The Bertz CT molecular complexity index is 704. The molecule has 1 aromatic heterocycles. The Kier molecular flexibility index (Phi) is 6.36. The van der Waals surface area contributed by atoms with E-state index in [0.717, 1.165) is 35.7 Å². The summed E-state index contributed by atoms with van der Waals surface area (Å²) in [4.78, 5) is 14.4. The van der Waals surface area contributed by atoms with Crippen LogP contribution >= 0.6 is 11.3 Å². The molecule has 0 radical (unpaired) electrons. The van der Waals surface area contributed by atoms with E-state index in [4.69, 9.17) is 4.74 Å². The quantitative estimate of drug-likeness (QED) is 0.769. The number of aryl methyl sites for hydroxylation is 1. The van der Waals surface area contributed by atoms with Crippen molar-refractivity contribution in [3.63, 3.8) is 0 Å². The second kappa shape index (κ2) is 8.92. The molecule has 25 heavy (non-hydrogen) atoms. The predicted octanol–water partition coefficient (Wildman–Crippen LogP) is 3.10. The van der Waals surface area contributed by atoms with Crippen molar-refractivity contribution in [2.24, 2.45) is 0 Å². The Hall–Kier alpha value is -1.99. The first-order chi connectivity index (χ1) is 12.2. The van der Waals surface area contributed by atoms with Crippen LogP contribution in [0, 0.1) is 0 Å². The van der Waals surface area contributed by atoms with Crippen LogP contribution in [0.25, 0.3) is 0 Å². The van der Waals surface area contributed by atoms with Gasteiger partial charge in [-0.1, -0.05) is 49.3 Å². The molecule has 2 aromatic rings. The van der Waals surface area contributed by atoms with Gasteiger partial charge in [0.25, 0.3) is 0 Å². The summed E-state index contributed by atoms with van der Waals surface area (Å²) in [5.74, 6) is 0.849. The van der Waals surface area contributed by atoms with E-state index in [1.54, 1.807) is 0 Å². The number of amides is 1. The highest BCUT2D eigenvalue weighted by Crippen LogP contribution is 2.22. The summed E-state index contributed by atoms with van der Waals surface area (Å²) < 4.78 is 5.73. The van der Waals surface area contributed by atoms with E-state index in [1.165, 1.54) is 24.2 Å².